The maximum Gasteiger partial charge on any atom is 0.283 e. The van der Waals surface area contributed by atoms with Crippen LogP contribution in [0.2, 0.25) is 0 Å². The SMILES string of the molecule is O=[N+]([O-])c1cc([N+](=O)[O-])c([C@@H](Cl)[C@H](Cl)c2ccccc2)cc1C=Cc1ccccc1. The Morgan fingerprint density at radius 1 is 0.733 bits per heavy atom. The molecule has 3 rings (SSSR count). The quantitative estimate of drug-likeness (QED) is 0.171. The second kappa shape index (κ2) is 9.52. The van der Waals surface area contributed by atoms with E-state index in [0.717, 1.165) is 11.6 Å². The Kier molecular flexibility index (Phi) is 6.82. The number of hydrogen-bond acceptors (Lipinski definition) is 4. The molecule has 0 fully saturated rings. The van der Waals surface area contributed by atoms with Crippen LogP contribution in [0.25, 0.3) is 12.2 Å². The second-order valence-electron chi connectivity index (χ2n) is 6.44. The molecule has 0 aromatic heterocycles. The molecule has 0 saturated carbocycles. The van der Waals surface area contributed by atoms with Crippen molar-refractivity contribution in [2.75, 3.05) is 0 Å². The van der Waals surface area contributed by atoms with Gasteiger partial charge in [-0.1, -0.05) is 66.7 Å². The van der Waals surface area contributed by atoms with Gasteiger partial charge in [0, 0.05) is 0 Å². The number of nitrogens with zero attached hydrogens (tertiary/aromatic N) is 2. The molecule has 3 aromatic rings. The maximum absolute atomic E-state index is 11.6. The number of alkyl halides is 2. The standard InChI is InChI=1S/C22H16Cl2N2O4/c23-21(16-9-5-2-6-10-16)22(24)18-13-17(12-11-15-7-3-1-4-8-15)19(25(27)28)14-20(18)26(29)30/h1-14,21-22H/t21-,22-/m1/s1. The molecular weight excluding hydrogens is 427 g/mol. The van der Waals surface area contributed by atoms with Gasteiger partial charge in [0.1, 0.15) is 0 Å². The van der Waals surface area contributed by atoms with Gasteiger partial charge in [-0.05, 0) is 23.3 Å². The Labute approximate surface area is 182 Å². The fourth-order valence-corrected chi connectivity index (χ4v) is 3.60. The minimum absolute atomic E-state index is 0.115. The van der Waals surface area contributed by atoms with E-state index in [9.17, 15) is 20.2 Å². The second-order valence-corrected chi connectivity index (χ2v) is 7.38. The van der Waals surface area contributed by atoms with E-state index in [1.54, 1.807) is 30.3 Å². The monoisotopic (exact) mass is 442 g/mol. The summed E-state index contributed by atoms with van der Waals surface area (Å²) < 4.78 is 0. The molecule has 0 aliphatic heterocycles. The average molecular weight is 443 g/mol. The molecule has 0 aliphatic carbocycles. The summed E-state index contributed by atoms with van der Waals surface area (Å²) in [4.78, 5) is 21.8. The number of nitro groups is 2. The van der Waals surface area contributed by atoms with Crippen LogP contribution in [0.5, 0.6) is 0 Å². The maximum atomic E-state index is 11.6. The number of rotatable bonds is 7. The van der Waals surface area contributed by atoms with E-state index >= 15 is 0 Å². The first-order valence-corrected chi connectivity index (χ1v) is 9.78. The third-order valence-corrected chi connectivity index (χ3v) is 5.62. The van der Waals surface area contributed by atoms with Gasteiger partial charge in [-0.2, -0.15) is 0 Å². The molecule has 0 radical (unpaired) electrons. The van der Waals surface area contributed by atoms with Crippen LogP contribution in [-0.4, -0.2) is 9.85 Å². The van der Waals surface area contributed by atoms with Gasteiger partial charge in [0.05, 0.1) is 37.8 Å². The predicted octanol–water partition coefficient (Wildman–Crippen LogP) is 6.93. The van der Waals surface area contributed by atoms with Gasteiger partial charge in [0.15, 0.2) is 0 Å². The third kappa shape index (κ3) is 4.84. The largest absolute Gasteiger partial charge is 0.283 e. The van der Waals surface area contributed by atoms with Gasteiger partial charge in [-0.25, -0.2) is 0 Å². The van der Waals surface area contributed by atoms with Crippen molar-refractivity contribution < 1.29 is 9.85 Å². The van der Waals surface area contributed by atoms with Crippen molar-refractivity contribution in [1.82, 2.24) is 0 Å². The first kappa shape index (κ1) is 21.5. The molecule has 0 unspecified atom stereocenters. The van der Waals surface area contributed by atoms with Crippen molar-refractivity contribution in [2.24, 2.45) is 0 Å². The molecule has 0 amide bonds. The molecule has 8 heteroatoms. The zero-order chi connectivity index (χ0) is 21.7. The highest BCUT2D eigenvalue weighted by Gasteiger charge is 2.31. The van der Waals surface area contributed by atoms with Crippen LogP contribution in [0, 0.1) is 20.2 Å². The van der Waals surface area contributed by atoms with Gasteiger partial charge in [0.25, 0.3) is 11.4 Å². The average Bonchev–Trinajstić information content (AvgIpc) is 2.77. The zero-order valence-corrected chi connectivity index (χ0v) is 17.0. The lowest BCUT2D eigenvalue weighted by Gasteiger charge is -2.17. The summed E-state index contributed by atoms with van der Waals surface area (Å²) in [6.45, 7) is 0. The van der Waals surface area contributed by atoms with E-state index < -0.39 is 26.3 Å². The molecule has 30 heavy (non-hydrogen) atoms. The van der Waals surface area contributed by atoms with Crippen LogP contribution in [0.15, 0.2) is 72.8 Å². The molecule has 0 bridgehead atoms. The minimum Gasteiger partial charge on any atom is -0.258 e. The molecule has 3 aromatic carbocycles. The lowest BCUT2D eigenvalue weighted by atomic mass is 9.98. The van der Waals surface area contributed by atoms with Gasteiger partial charge in [-0.3, -0.25) is 20.2 Å². The molecule has 152 valence electrons. The Balaban J connectivity index is 2.10. The topological polar surface area (TPSA) is 86.3 Å². The van der Waals surface area contributed by atoms with Gasteiger partial charge >= 0.3 is 0 Å². The molecule has 0 saturated heterocycles. The molecule has 0 N–H and O–H groups in total. The van der Waals surface area contributed by atoms with Crippen LogP contribution in [-0.2, 0) is 0 Å². The van der Waals surface area contributed by atoms with E-state index in [1.807, 2.05) is 36.4 Å². The van der Waals surface area contributed by atoms with Crippen LogP contribution < -0.4 is 0 Å². The van der Waals surface area contributed by atoms with Crippen molar-refractivity contribution in [1.29, 1.82) is 0 Å². The Morgan fingerprint density at radius 3 is 1.87 bits per heavy atom. The molecule has 2 atom stereocenters. The van der Waals surface area contributed by atoms with Crippen molar-refractivity contribution >= 4 is 46.7 Å². The molecule has 0 heterocycles. The number of nitro benzene ring substituents is 2. The van der Waals surface area contributed by atoms with Crippen molar-refractivity contribution in [3.63, 3.8) is 0 Å². The van der Waals surface area contributed by atoms with Gasteiger partial charge in [-0.15, -0.1) is 23.2 Å². The number of hydrogen-bond donors (Lipinski definition) is 0. The highest BCUT2D eigenvalue weighted by Crippen LogP contribution is 2.44. The molecule has 0 aliphatic rings. The lowest BCUT2D eigenvalue weighted by Crippen LogP contribution is -2.06. The fourth-order valence-electron chi connectivity index (χ4n) is 3.00. The summed E-state index contributed by atoms with van der Waals surface area (Å²) in [6.07, 6.45) is 3.23. The van der Waals surface area contributed by atoms with Crippen LogP contribution in [0.1, 0.15) is 33.0 Å². The van der Waals surface area contributed by atoms with E-state index in [4.69, 9.17) is 23.2 Å². The van der Waals surface area contributed by atoms with E-state index in [-0.39, 0.29) is 16.8 Å². The predicted molar refractivity (Wildman–Crippen MR) is 119 cm³/mol. The normalized spacial score (nSPS) is 13.1. The van der Waals surface area contributed by atoms with Gasteiger partial charge in [0.2, 0.25) is 0 Å². The van der Waals surface area contributed by atoms with Crippen molar-refractivity contribution in [3.8, 4) is 0 Å². The summed E-state index contributed by atoms with van der Waals surface area (Å²) in [6, 6.07) is 20.4. The molecule has 0 spiro atoms. The van der Waals surface area contributed by atoms with E-state index in [2.05, 4.69) is 0 Å². The van der Waals surface area contributed by atoms with Crippen molar-refractivity contribution in [2.45, 2.75) is 10.8 Å². The van der Waals surface area contributed by atoms with E-state index in [1.165, 1.54) is 12.1 Å². The summed E-state index contributed by atoms with van der Waals surface area (Å²) in [7, 11) is 0. The summed E-state index contributed by atoms with van der Waals surface area (Å²) in [5.41, 5.74) is 1.00. The molecular formula is C22H16Cl2N2O4. The van der Waals surface area contributed by atoms with E-state index in [0.29, 0.717) is 5.56 Å². The highest BCUT2D eigenvalue weighted by atomic mass is 35.5. The van der Waals surface area contributed by atoms with Crippen LogP contribution in [0.3, 0.4) is 0 Å². The minimum atomic E-state index is -0.973. The first-order valence-electron chi connectivity index (χ1n) is 8.91. The lowest BCUT2D eigenvalue weighted by molar-refractivity contribution is -0.394. The zero-order valence-electron chi connectivity index (χ0n) is 15.5. The number of benzene rings is 3. The highest BCUT2D eigenvalue weighted by molar-refractivity contribution is 6.30. The van der Waals surface area contributed by atoms with Gasteiger partial charge < -0.3 is 0 Å². The summed E-state index contributed by atoms with van der Waals surface area (Å²) in [5.74, 6) is 0. The fraction of sp³-hybridized carbons (Fsp3) is 0.0909. The number of halogens is 2. The smallest absolute Gasteiger partial charge is 0.258 e. The summed E-state index contributed by atoms with van der Waals surface area (Å²) in [5, 5.41) is 21.4. The van der Waals surface area contributed by atoms with Crippen LogP contribution >= 0.6 is 23.2 Å². The first-order chi connectivity index (χ1) is 14.4. The van der Waals surface area contributed by atoms with Crippen LogP contribution in [0.4, 0.5) is 11.4 Å². The Hall–Kier alpha value is -3.22. The Bertz CT molecular complexity index is 1090. The van der Waals surface area contributed by atoms with Crippen molar-refractivity contribution in [3.05, 3.63) is 115 Å². The molecule has 6 nitrogen and oxygen atoms in total. The third-order valence-electron chi connectivity index (χ3n) is 4.50. The summed E-state index contributed by atoms with van der Waals surface area (Å²) >= 11 is 13.0. The Morgan fingerprint density at radius 2 is 1.30 bits per heavy atom.